The second kappa shape index (κ2) is 14.8. The van der Waals surface area contributed by atoms with E-state index < -0.39 is 11.9 Å². The van der Waals surface area contributed by atoms with Crippen molar-refractivity contribution in [2.24, 2.45) is 0 Å². The molecule has 1 aromatic heterocycles. The number of carboxylic acids is 2. The first-order chi connectivity index (χ1) is 18.7. The molecule has 206 valence electrons. The minimum absolute atomic E-state index is 0.0103. The number of carbonyl (C=O) groups is 2. The SMILES string of the molecule is O=C(O)CCc1cc(Cl)c(OCCC=CCCOc2c(Cl)cc(Nc3ncccc3C(=O)O)cc2Cl)c(Cl)c1. The summed E-state index contributed by atoms with van der Waals surface area (Å²) in [4.78, 5) is 26.2. The minimum Gasteiger partial charge on any atom is -0.490 e. The number of aromatic nitrogens is 1. The molecule has 39 heavy (non-hydrogen) atoms. The zero-order chi connectivity index (χ0) is 28.4. The van der Waals surface area contributed by atoms with Gasteiger partial charge in [0.05, 0.1) is 33.3 Å². The second-order valence-electron chi connectivity index (χ2n) is 8.13. The second-order valence-corrected chi connectivity index (χ2v) is 9.76. The van der Waals surface area contributed by atoms with Crippen LogP contribution in [0.15, 0.2) is 54.7 Å². The molecule has 0 saturated heterocycles. The highest BCUT2D eigenvalue weighted by atomic mass is 35.5. The van der Waals surface area contributed by atoms with Crippen molar-refractivity contribution in [1.29, 1.82) is 0 Å². The maximum absolute atomic E-state index is 11.4. The molecule has 8 nitrogen and oxygen atoms in total. The standard InChI is InChI=1S/C27H24Cl4N2O6/c28-19-12-16(7-8-23(34)35)13-20(29)24(19)38-10-3-1-2-4-11-39-25-21(30)14-17(15-22(25)31)33-26-18(27(36)37)6-5-9-32-26/h1-2,5-6,9,12-15H,3-4,7-8,10-11H2,(H,32,33)(H,34,35)(H,36,37). The minimum atomic E-state index is -1.11. The summed E-state index contributed by atoms with van der Waals surface area (Å²) >= 11 is 25.2. The van der Waals surface area contributed by atoms with E-state index in [9.17, 15) is 14.7 Å². The van der Waals surface area contributed by atoms with Crippen molar-refractivity contribution in [2.75, 3.05) is 18.5 Å². The van der Waals surface area contributed by atoms with E-state index in [1.165, 1.54) is 18.3 Å². The molecule has 3 rings (SSSR count). The molecule has 0 atom stereocenters. The monoisotopic (exact) mass is 612 g/mol. The van der Waals surface area contributed by atoms with E-state index >= 15 is 0 Å². The van der Waals surface area contributed by atoms with Gasteiger partial charge in [-0.2, -0.15) is 0 Å². The molecular formula is C27H24Cl4N2O6. The van der Waals surface area contributed by atoms with Crippen LogP contribution in [0.3, 0.4) is 0 Å². The summed E-state index contributed by atoms with van der Waals surface area (Å²) in [5.74, 6) is -1.17. The van der Waals surface area contributed by atoms with E-state index in [4.69, 9.17) is 61.0 Å². The van der Waals surface area contributed by atoms with Gasteiger partial charge >= 0.3 is 11.9 Å². The molecule has 3 N–H and O–H groups in total. The molecule has 0 unspecified atom stereocenters. The topological polar surface area (TPSA) is 118 Å². The number of ether oxygens (including phenoxy) is 2. The molecule has 3 aromatic rings. The predicted molar refractivity (Wildman–Crippen MR) is 153 cm³/mol. The number of anilines is 2. The summed E-state index contributed by atoms with van der Waals surface area (Å²) in [5.41, 5.74) is 1.21. The molecule has 0 spiro atoms. The van der Waals surface area contributed by atoms with Gasteiger partial charge in [0.15, 0.2) is 11.5 Å². The maximum Gasteiger partial charge on any atom is 0.339 e. The molecule has 0 radical (unpaired) electrons. The number of carboxylic acid groups (broad SMARTS) is 2. The summed E-state index contributed by atoms with van der Waals surface area (Å²) in [7, 11) is 0. The number of pyridine rings is 1. The van der Waals surface area contributed by atoms with Gasteiger partial charge < -0.3 is 25.0 Å². The number of benzene rings is 2. The Balaban J connectivity index is 1.45. The Kier molecular flexibility index (Phi) is 11.6. The summed E-state index contributed by atoms with van der Waals surface area (Å²) in [5, 5.41) is 22.2. The van der Waals surface area contributed by atoms with Gasteiger partial charge in [0.25, 0.3) is 0 Å². The highest BCUT2D eigenvalue weighted by Crippen LogP contribution is 2.37. The molecule has 12 heteroatoms. The van der Waals surface area contributed by atoms with Crippen molar-refractivity contribution in [1.82, 2.24) is 4.98 Å². The largest absolute Gasteiger partial charge is 0.490 e. The number of aryl methyl sites for hydroxylation is 1. The Labute approximate surface area is 245 Å². The number of aliphatic carboxylic acids is 1. The van der Waals surface area contributed by atoms with Crippen LogP contribution in [0.2, 0.25) is 20.1 Å². The van der Waals surface area contributed by atoms with Crippen molar-refractivity contribution < 1.29 is 29.3 Å². The van der Waals surface area contributed by atoms with Crippen LogP contribution in [0.1, 0.15) is 35.2 Å². The lowest BCUT2D eigenvalue weighted by molar-refractivity contribution is -0.136. The van der Waals surface area contributed by atoms with Crippen molar-refractivity contribution in [3.05, 3.63) is 86.0 Å². The van der Waals surface area contributed by atoms with Crippen LogP contribution in [0.5, 0.6) is 11.5 Å². The first-order valence-electron chi connectivity index (χ1n) is 11.7. The normalized spacial score (nSPS) is 11.0. The first kappa shape index (κ1) is 30.4. The summed E-state index contributed by atoms with van der Waals surface area (Å²) < 4.78 is 11.4. The third kappa shape index (κ3) is 9.21. The molecule has 0 amide bonds. The van der Waals surface area contributed by atoms with Crippen molar-refractivity contribution >= 4 is 69.8 Å². The quantitative estimate of drug-likeness (QED) is 0.124. The lowest BCUT2D eigenvalue weighted by Gasteiger charge is -2.13. The fourth-order valence-electron chi connectivity index (χ4n) is 3.42. The number of nitrogens with zero attached hydrogens (tertiary/aromatic N) is 1. The van der Waals surface area contributed by atoms with Crippen LogP contribution in [0.4, 0.5) is 11.5 Å². The first-order valence-corrected chi connectivity index (χ1v) is 13.2. The van der Waals surface area contributed by atoms with Gasteiger partial charge in [0.2, 0.25) is 0 Å². The van der Waals surface area contributed by atoms with E-state index in [2.05, 4.69) is 10.3 Å². The zero-order valence-electron chi connectivity index (χ0n) is 20.4. The number of nitrogens with one attached hydrogen (secondary N) is 1. The number of rotatable bonds is 14. The van der Waals surface area contributed by atoms with Gasteiger partial charge in [-0.15, -0.1) is 0 Å². The third-order valence-electron chi connectivity index (χ3n) is 5.21. The van der Waals surface area contributed by atoms with Crippen LogP contribution in [0, 0.1) is 0 Å². The number of halogens is 4. The summed E-state index contributed by atoms with van der Waals surface area (Å²) in [6.45, 7) is 0.666. The molecule has 2 aromatic carbocycles. The molecular weight excluding hydrogens is 590 g/mol. The van der Waals surface area contributed by atoms with Gasteiger partial charge in [0.1, 0.15) is 11.4 Å². The molecule has 0 aliphatic rings. The highest BCUT2D eigenvalue weighted by molar-refractivity contribution is 6.38. The Bertz CT molecular complexity index is 1320. The number of hydrogen-bond donors (Lipinski definition) is 3. The predicted octanol–water partition coefficient (Wildman–Crippen LogP) is 7.95. The van der Waals surface area contributed by atoms with Gasteiger partial charge in [-0.05, 0) is 61.2 Å². The van der Waals surface area contributed by atoms with Gasteiger partial charge in [-0.25, -0.2) is 9.78 Å². The van der Waals surface area contributed by atoms with Crippen molar-refractivity contribution in [2.45, 2.75) is 25.7 Å². The molecule has 1 heterocycles. The fourth-order valence-corrected chi connectivity index (χ4v) is 4.66. The van der Waals surface area contributed by atoms with Gasteiger partial charge in [-0.3, -0.25) is 4.79 Å². The summed E-state index contributed by atoms with van der Waals surface area (Å²) in [6.07, 6.45) is 6.83. The smallest absolute Gasteiger partial charge is 0.339 e. The maximum atomic E-state index is 11.4. The Morgan fingerprint density at radius 3 is 1.92 bits per heavy atom. The zero-order valence-corrected chi connectivity index (χ0v) is 23.4. The Hall–Kier alpha value is -3.17. The number of aromatic carboxylic acids is 1. The number of hydrogen-bond acceptors (Lipinski definition) is 6. The fraction of sp³-hybridized carbons (Fsp3) is 0.222. The van der Waals surface area contributed by atoms with E-state index in [0.717, 1.165) is 5.56 Å². The summed E-state index contributed by atoms with van der Waals surface area (Å²) in [6, 6.07) is 9.43. The lowest BCUT2D eigenvalue weighted by atomic mass is 10.1. The Morgan fingerprint density at radius 2 is 1.41 bits per heavy atom. The van der Waals surface area contributed by atoms with Crippen LogP contribution in [0.25, 0.3) is 0 Å². The van der Waals surface area contributed by atoms with E-state index in [-0.39, 0.29) is 27.8 Å². The molecule has 0 aliphatic carbocycles. The van der Waals surface area contributed by atoms with Crippen molar-refractivity contribution in [3.63, 3.8) is 0 Å². The Morgan fingerprint density at radius 1 is 0.872 bits per heavy atom. The molecule has 0 aliphatic heterocycles. The third-order valence-corrected chi connectivity index (χ3v) is 6.34. The van der Waals surface area contributed by atoms with E-state index in [1.807, 2.05) is 12.2 Å². The van der Waals surface area contributed by atoms with Crippen LogP contribution >= 0.6 is 46.4 Å². The van der Waals surface area contributed by atoms with Crippen LogP contribution in [-0.2, 0) is 11.2 Å². The van der Waals surface area contributed by atoms with E-state index in [1.54, 1.807) is 24.3 Å². The molecule has 0 saturated carbocycles. The van der Waals surface area contributed by atoms with Gasteiger partial charge in [0, 0.05) is 18.3 Å². The molecule has 0 fully saturated rings. The van der Waals surface area contributed by atoms with Crippen molar-refractivity contribution in [3.8, 4) is 11.5 Å². The van der Waals surface area contributed by atoms with E-state index in [0.29, 0.717) is 59.7 Å². The highest BCUT2D eigenvalue weighted by Gasteiger charge is 2.14. The molecule has 0 bridgehead atoms. The van der Waals surface area contributed by atoms with Crippen LogP contribution < -0.4 is 14.8 Å². The lowest BCUT2D eigenvalue weighted by Crippen LogP contribution is -2.04. The average molecular weight is 614 g/mol. The average Bonchev–Trinajstić information content (AvgIpc) is 2.87. The van der Waals surface area contributed by atoms with Gasteiger partial charge in [-0.1, -0.05) is 58.6 Å². The van der Waals surface area contributed by atoms with Crippen LogP contribution in [-0.4, -0.2) is 40.3 Å².